The Labute approximate surface area is 131 Å². The Balaban J connectivity index is 2.05. The Morgan fingerprint density at radius 3 is 2.68 bits per heavy atom. The number of benzene rings is 2. The quantitative estimate of drug-likeness (QED) is 0.799. The maximum Gasteiger partial charge on any atom is 0.240 e. The van der Waals surface area contributed by atoms with Crippen LogP contribution >= 0.6 is 0 Å². The second kappa shape index (κ2) is 6.81. The number of ether oxygens (including phenoxy) is 1. The molecule has 0 fully saturated rings. The summed E-state index contributed by atoms with van der Waals surface area (Å²) in [4.78, 5) is 0.221. The maximum absolute atomic E-state index is 12.3. The monoisotopic (exact) mass is 320 g/mol. The van der Waals surface area contributed by atoms with Crippen LogP contribution < -0.4 is 15.2 Å². The molecule has 0 unspecified atom stereocenters. The summed E-state index contributed by atoms with van der Waals surface area (Å²) in [6.45, 7) is 2.06. The first-order valence-electron chi connectivity index (χ1n) is 6.91. The largest absolute Gasteiger partial charge is 0.497 e. The van der Waals surface area contributed by atoms with Crippen LogP contribution in [-0.4, -0.2) is 22.1 Å². The zero-order chi connectivity index (χ0) is 16.2. The lowest BCUT2D eigenvalue weighted by atomic mass is 10.1. The van der Waals surface area contributed by atoms with Gasteiger partial charge in [-0.3, -0.25) is 0 Å². The molecule has 6 heteroatoms. The fourth-order valence-corrected chi connectivity index (χ4v) is 3.45. The maximum atomic E-state index is 12.3. The van der Waals surface area contributed by atoms with E-state index in [1.165, 1.54) is 6.07 Å². The van der Waals surface area contributed by atoms with E-state index in [1.807, 2.05) is 24.3 Å². The number of nitrogens with one attached hydrogen (secondary N) is 1. The Morgan fingerprint density at radius 2 is 1.95 bits per heavy atom. The lowest BCUT2D eigenvalue weighted by Crippen LogP contribution is -2.26. The summed E-state index contributed by atoms with van der Waals surface area (Å²) in [5, 5.41) is 0. The van der Waals surface area contributed by atoms with Crippen LogP contribution in [0.5, 0.6) is 5.75 Å². The first-order valence-corrected chi connectivity index (χ1v) is 8.39. The molecule has 118 valence electrons. The van der Waals surface area contributed by atoms with Crippen molar-refractivity contribution in [1.29, 1.82) is 0 Å². The molecule has 2 aromatic carbocycles. The number of anilines is 1. The van der Waals surface area contributed by atoms with Crippen molar-refractivity contribution in [2.75, 3.05) is 19.4 Å². The van der Waals surface area contributed by atoms with Crippen molar-refractivity contribution in [3.63, 3.8) is 0 Å². The van der Waals surface area contributed by atoms with Gasteiger partial charge in [-0.2, -0.15) is 0 Å². The third-order valence-corrected chi connectivity index (χ3v) is 4.94. The van der Waals surface area contributed by atoms with Gasteiger partial charge in [0.05, 0.1) is 12.0 Å². The van der Waals surface area contributed by atoms with E-state index in [0.29, 0.717) is 24.2 Å². The van der Waals surface area contributed by atoms with Gasteiger partial charge in [-0.25, -0.2) is 13.1 Å². The Morgan fingerprint density at radius 1 is 1.18 bits per heavy atom. The van der Waals surface area contributed by atoms with Gasteiger partial charge in [-0.1, -0.05) is 18.2 Å². The lowest BCUT2D eigenvalue weighted by Gasteiger charge is -2.10. The highest BCUT2D eigenvalue weighted by molar-refractivity contribution is 7.89. The van der Waals surface area contributed by atoms with E-state index in [9.17, 15) is 8.42 Å². The van der Waals surface area contributed by atoms with Crippen LogP contribution in [0.1, 0.15) is 11.1 Å². The molecule has 0 aliphatic rings. The molecule has 22 heavy (non-hydrogen) atoms. The molecule has 0 amide bonds. The molecule has 0 saturated carbocycles. The number of sulfonamides is 1. The standard InChI is InChI=1S/C16H20N2O3S/c1-12-6-7-14(17)11-16(12)22(19,20)18-9-8-13-4-3-5-15(10-13)21-2/h3-7,10-11,18H,8-9,17H2,1-2H3. The number of hydrogen-bond acceptors (Lipinski definition) is 4. The van der Waals surface area contributed by atoms with Gasteiger partial charge in [0.15, 0.2) is 0 Å². The van der Waals surface area contributed by atoms with E-state index in [1.54, 1.807) is 26.2 Å². The molecule has 0 bridgehead atoms. The van der Waals surface area contributed by atoms with E-state index >= 15 is 0 Å². The molecular weight excluding hydrogens is 300 g/mol. The van der Waals surface area contributed by atoms with Gasteiger partial charge in [-0.05, 0) is 48.7 Å². The van der Waals surface area contributed by atoms with Crippen molar-refractivity contribution in [1.82, 2.24) is 4.72 Å². The molecule has 0 aliphatic carbocycles. The third kappa shape index (κ3) is 3.99. The van der Waals surface area contributed by atoms with Crippen LogP contribution in [0.25, 0.3) is 0 Å². The van der Waals surface area contributed by atoms with Crippen LogP contribution in [0, 0.1) is 6.92 Å². The number of rotatable bonds is 6. The molecule has 0 spiro atoms. The van der Waals surface area contributed by atoms with Crippen LogP contribution in [0.4, 0.5) is 5.69 Å². The number of methoxy groups -OCH3 is 1. The normalized spacial score (nSPS) is 11.4. The van der Waals surface area contributed by atoms with E-state index in [4.69, 9.17) is 10.5 Å². The van der Waals surface area contributed by atoms with Gasteiger partial charge in [-0.15, -0.1) is 0 Å². The topological polar surface area (TPSA) is 81.4 Å². The highest BCUT2D eigenvalue weighted by Crippen LogP contribution is 2.18. The van der Waals surface area contributed by atoms with Crippen molar-refractivity contribution < 1.29 is 13.2 Å². The average molecular weight is 320 g/mol. The Bertz CT molecular complexity index is 758. The van der Waals surface area contributed by atoms with Crippen molar-refractivity contribution in [2.24, 2.45) is 0 Å². The lowest BCUT2D eigenvalue weighted by molar-refractivity contribution is 0.414. The predicted octanol–water partition coefficient (Wildman–Crippen LogP) is 2.11. The molecule has 0 aliphatic heterocycles. The zero-order valence-corrected chi connectivity index (χ0v) is 13.5. The fourth-order valence-electron chi connectivity index (χ4n) is 2.14. The minimum atomic E-state index is -3.56. The van der Waals surface area contributed by atoms with Gasteiger partial charge >= 0.3 is 0 Å². The minimum absolute atomic E-state index is 0.221. The molecule has 5 nitrogen and oxygen atoms in total. The van der Waals surface area contributed by atoms with Crippen molar-refractivity contribution in [3.05, 3.63) is 53.6 Å². The van der Waals surface area contributed by atoms with E-state index in [0.717, 1.165) is 11.3 Å². The smallest absolute Gasteiger partial charge is 0.240 e. The van der Waals surface area contributed by atoms with E-state index in [-0.39, 0.29) is 4.90 Å². The summed E-state index contributed by atoms with van der Waals surface area (Å²) in [5.41, 5.74) is 7.77. The zero-order valence-electron chi connectivity index (χ0n) is 12.7. The SMILES string of the molecule is COc1cccc(CCNS(=O)(=O)c2cc(N)ccc2C)c1. The van der Waals surface area contributed by atoms with E-state index in [2.05, 4.69) is 4.72 Å². The summed E-state index contributed by atoms with van der Waals surface area (Å²) in [6, 6.07) is 12.4. The Kier molecular flexibility index (Phi) is 5.05. The average Bonchev–Trinajstić information content (AvgIpc) is 2.49. The van der Waals surface area contributed by atoms with Crippen molar-refractivity contribution in [3.8, 4) is 5.75 Å². The second-order valence-corrected chi connectivity index (χ2v) is 6.76. The first kappa shape index (κ1) is 16.3. The number of hydrogen-bond donors (Lipinski definition) is 2. The van der Waals surface area contributed by atoms with Crippen LogP contribution in [0.3, 0.4) is 0 Å². The molecule has 0 heterocycles. The van der Waals surface area contributed by atoms with Gasteiger partial charge < -0.3 is 10.5 Å². The molecule has 0 radical (unpaired) electrons. The van der Waals surface area contributed by atoms with Gasteiger partial charge in [0.2, 0.25) is 10.0 Å². The molecule has 0 saturated heterocycles. The summed E-state index contributed by atoms with van der Waals surface area (Å²) >= 11 is 0. The van der Waals surface area contributed by atoms with Gasteiger partial charge in [0, 0.05) is 12.2 Å². The number of nitrogen functional groups attached to an aromatic ring is 1. The van der Waals surface area contributed by atoms with E-state index < -0.39 is 10.0 Å². The summed E-state index contributed by atoms with van der Waals surface area (Å²) in [6.07, 6.45) is 0.581. The molecule has 3 N–H and O–H groups in total. The van der Waals surface area contributed by atoms with Gasteiger partial charge in [0.1, 0.15) is 5.75 Å². The molecule has 0 atom stereocenters. The fraction of sp³-hybridized carbons (Fsp3) is 0.250. The van der Waals surface area contributed by atoms with Crippen LogP contribution in [0.15, 0.2) is 47.4 Å². The Hall–Kier alpha value is -2.05. The third-order valence-electron chi connectivity index (χ3n) is 3.34. The molecule has 0 aromatic heterocycles. The molecule has 2 rings (SSSR count). The molecule has 2 aromatic rings. The van der Waals surface area contributed by atoms with Crippen LogP contribution in [-0.2, 0) is 16.4 Å². The van der Waals surface area contributed by atoms with Crippen LogP contribution in [0.2, 0.25) is 0 Å². The minimum Gasteiger partial charge on any atom is -0.497 e. The highest BCUT2D eigenvalue weighted by Gasteiger charge is 2.16. The summed E-state index contributed by atoms with van der Waals surface area (Å²) in [7, 11) is -1.96. The highest BCUT2D eigenvalue weighted by atomic mass is 32.2. The molecular formula is C16H20N2O3S. The predicted molar refractivity (Wildman–Crippen MR) is 87.5 cm³/mol. The summed E-state index contributed by atoms with van der Waals surface area (Å²) in [5.74, 6) is 0.757. The number of aryl methyl sites for hydroxylation is 1. The second-order valence-electron chi connectivity index (χ2n) is 5.02. The van der Waals surface area contributed by atoms with Crippen molar-refractivity contribution in [2.45, 2.75) is 18.2 Å². The van der Waals surface area contributed by atoms with Crippen molar-refractivity contribution >= 4 is 15.7 Å². The summed E-state index contributed by atoms with van der Waals surface area (Å²) < 4.78 is 32.4. The first-order chi connectivity index (χ1) is 10.4. The van der Waals surface area contributed by atoms with Gasteiger partial charge in [0.25, 0.3) is 0 Å². The number of nitrogens with two attached hydrogens (primary N) is 1.